The molecule has 2 rings (SSSR count). The number of amides is 1. The average molecular weight is 534 g/mol. The van der Waals surface area contributed by atoms with Crippen LogP contribution in [0.3, 0.4) is 0 Å². The Morgan fingerprint density at radius 3 is 2.31 bits per heavy atom. The maximum atomic E-state index is 12.7. The lowest BCUT2D eigenvalue weighted by molar-refractivity contribution is -0.122. The lowest BCUT2D eigenvalue weighted by Crippen LogP contribution is -2.49. The molecule has 0 spiro atoms. The number of sulfonamides is 1. The molecule has 0 bridgehead atoms. The number of halogens is 2. The Morgan fingerprint density at radius 1 is 1.06 bits per heavy atom. The summed E-state index contributed by atoms with van der Waals surface area (Å²) in [7, 11) is -8.94. The van der Waals surface area contributed by atoms with Gasteiger partial charge in [0.15, 0.2) is 0 Å². The fraction of sp³-hybridized carbons (Fsp3) is 0.409. The average Bonchev–Trinajstić information content (AvgIpc) is 2.79. The molecule has 2 aromatic rings. The molecule has 0 aliphatic carbocycles. The van der Waals surface area contributed by atoms with Crippen LogP contribution in [0.2, 0.25) is 0 Å². The number of alkyl halides is 2. The number of aryl methyl sites for hydroxylation is 1. The highest BCUT2D eigenvalue weighted by molar-refractivity contribution is 7.89. The van der Waals surface area contributed by atoms with Crippen molar-refractivity contribution in [1.29, 1.82) is 0 Å². The maximum Gasteiger partial charge on any atom is 0.442 e. The van der Waals surface area contributed by atoms with Crippen LogP contribution in [0.5, 0.6) is 5.75 Å². The van der Waals surface area contributed by atoms with E-state index in [4.69, 9.17) is 10.6 Å². The van der Waals surface area contributed by atoms with Crippen molar-refractivity contribution in [3.05, 3.63) is 65.7 Å². The van der Waals surface area contributed by atoms with E-state index in [9.17, 15) is 26.6 Å². The van der Waals surface area contributed by atoms with Gasteiger partial charge in [0.25, 0.3) is 0 Å². The van der Waals surface area contributed by atoms with Crippen molar-refractivity contribution in [3.63, 3.8) is 0 Å². The number of rotatable bonds is 15. The Kier molecular flexibility index (Phi) is 11.3. The van der Waals surface area contributed by atoms with Crippen molar-refractivity contribution >= 4 is 23.5 Å². The molecule has 0 fully saturated rings. The van der Waals surface area contributed by atoms with Gasteiger partial charge in [-0.05, 0) is 48.9 Å². The molecule has 0 radical (unpaired) electrons. The number of carbonyl (C=O) groups is 1. The van der Waals surface area contributed by atoms with E-state index in [1.54, 1.807) is 0 Å². The number of benzene rings is 2. The topological polar surface area (TPSA) is 148 Å². The van der Waals surface area contributed by atoms with Gasteiger partial charge in [0.2, 0.25) is 15.9 Å². The van der Waals surface area contributed by atoms with Crippen molar-refractivity contribution in [1.82, 2.24) is 10.0 Å². The summed E-state index contributed by atoms with van der Waals surface area (Å²) in [4.78, 5) is 21.9. The largest absolute Gasteiger partial charge is 0.442 e. The molecule has 5 N–H and O–H groups in total. The summed E-state index contributed by atoms with van der Waals surface area (Å²) >= 11 is 0. The van der Waals surface area contributed by atoms with Gasteiger partial charge in [-0.15, -0.1) is 0 Å². The van der Waals surface area contributed by atoms with E-state index in [0.29, 0.717) is 18.5 Å². The molecule has 0 heterocycles. The molecule has 2 atom stereocenters. The van der Waals surface area contributed by atoms with Gasteiger partial charge in [-0.1, -0.05) is 42.5 Å². The standard InChI is InChI=1S/C22H30F2N3O6PS/c23-22(24)34(29,30)33-19-11-9-18(10-12-19)16-20(27-35(31,32)15-13-25)21(28)26-14-5-4-8-17-6-2-1-3-7-17/h1-3,6-7,9-12,20,22,27H,4-5,8,13-16,25H2,(H,26,28)(H,29,30)/t20-/m0/s1. The zero-order valence-corrected chi connectivity index (χ0v) is 20.7. The Hall–Kier alpha value is -2.37. The molecule has 13 heteroatoms. The fourth-order valence-electron chi connectivity index (χ4n) is 3.17. The van der Waals surface area contributed by atoms with E-state index in [1.165, 1.54) is 29.8 Å². The highest BCUT2D eigenvalue weighted by Crippen LogP contribution is 2.48. The van der Waals surface area contributed by atoms with Crippen LogP contribution < -0.4 is 20.3 Å². The number of unbranched alkanes of at least 4 members (excludes halogenated alkanes) is 1. The monoisotopic (exact) mass is 533 g/mol. The highest BCUT2D eigenvalue weighted by Gasteiger charge is 2.34. The van der Waals surface area contributed by atoms with E-state index in [2.05, 4.69) is 14.6 Å². The predicted octanol–water partition coefficient (Wildman–Crippen LogP) is 2.40. The Balaban J connectivity index is 1.98. The second-order valence-corrected chi connectivity index (χ2v) is 11.4. The number of hydrogen-bond donors (Lipinski definition) is 4. The van der Waals surface area contributed by atoms with Crippen LogP contribution >= 0.6 is 7.60 Å². The smallest absolute Gasteiger partial charge is 0.421 e. The van der Waals surface area contributed by atoms with Crippen molar-refractivity contribution in [2.45, 2.75) is 37.9 Å². The van der Waals surface area contributed by atoms with Crippen LogP contribution in [0.1, 0.15) is 24.0 Å². The Labute approximate surface area is 203 Å². The van der Waals surface area contributed by atoms with Gasteiger partial charge >= 0.3 is 13.8 Å². The SMILES string of the molecule is NCCS(=O)(=O)N[C@@H](Cc1ccc(OP(=O)(O)C(F)F)cc1)C(=O)NCCCCc1ccccc1. The minimum atomic E-state index is -5.12. The van der Waals surface area contributed by atoms with Crippen molar-refractivity contribution in [2.75, 3.05) is 18.8 Å². The minimum absolute atomic E-state index is 0.0500. The van der Waals surface area contributed by atoms with E-state index in [0.717, 1.165) is 12.8 Å². The second-order valence-electron chi connectivity index (χ2n) is 7.79. The van der Waals surface area contributed by atoms with Gasteiger partial charge in [0.05, 0.1) is 5.75 Å². The number of carbonyl (C=O) groups excluding carboxylic acids is 1. The number of hydrogen-bond acceptors (Lipinski definition) is 6. The summed E-state index contributed by atoms with van der Waals surface area (Å²) in [6, 6.07) is 13.9. The highest BCUT2D eigenvalue weighted by atomic mass is 32.2. The molecule has 1 amide bonds. The minimum Gasteiger partial charge on any atom is -0.421 e. The normalized spacial score (nSPS) is 14.3. The van der Waals surface area contributed by atoms with Gasteiger partial charge in [-0.3, -0.25) is 4.79 Å². The zero-order chi connectivity index (χ0) is 25.9. The summed E-state index contributed by atoms with van der Waals surface area (Å²) < 4.78 is 67.6. The third kappa shape index (κ3) is 10.4. The molecule has 35 heavy (non-hydrogen) atoms. The first-order chi connectivity index (χ1) is 16.5. The molecule has 0 saturated carbocycles. The van der Waals surface area contributed by atoms with Crippen molar-refractivity contribution in [3.8, 4) is 5.75 Å². The molecule has 9 nitrogen and oxygen atoms in total. The van der Waals surface area contributed by atoms with Crippen LogP contribution in [0.25, 0.3) is 0 Å². The van der Waals surface area contributed by atoms with E-state index < -0.39 is 35.7 Å². The van der Waals surface area contributed by atoms with Crippen LogP contribution in [0.4, 0.5) is 8.78 Å². The number of nitrogens with one attached hydrogen (secondary N) is 2. The predicted molar refractivity (Wildman–Crippen MR) is 129 cm³/mol. The Morgan fingerprint density at radius 2 is 1.71 bits per heavy atom. The van der Waals surface area contributed by atoms with Gasteiger partial charge in [0, 0.05) is 13.1 Å². The van der Waals surface area contributed by atoms with Gasteiger partial charge in [0.1, 0.15) is 11.8 Å². The van der Waals surface area contributed by atoms with Crippen LogP contribution in [0, 0.1) is 0 Å². The van der Waals surface area contributed by atoms with Crippen LogP contribution in [-0.2, 0) is 32.2 Å². The van der Waals surface area contributed by atoms with Crippen LogP contribution in [0.15, 0.2) is 54.6 Å². The quantitative estimate of drug-likeness (QED) is 0.203. The number of nitrogens with two attached hydrogens (primary N) is 1. The summed E-state index contributed by atoms with van der Waals surface area (Å²) in [5.74, 6) is -1.15. The summed E-state index contributed by atoms with van der Waals surface area (Å²) in [5.41, 5.74) is 7.00. The first-order valence-corrected chi connectivity index (χ1v) is 14.2. The van der Waals surface area contributed by atoms with Gasteiger partial charge < -0.3 is 20.5 Å². The third-order valence-corrected chi connectivity index (χ3v) is 7.29. The van der Waals surface area contributed by atoms with E-state index in [-0.39, 0.29) is 24.5 Å². The van der Waals surface area contributed by atoms with E-state index in [1.807, 2.05) is 30.3 Å². The maximum absolute atomic E-state index is 12.7. The fourth-order valence-corrected chi connectivity index (χ4v) is 4.72. The third-order valence-electron chi connectivity index (χ3n) is 4.91. The molecule has 0 aliphatic rings. The molecular formula is C22H30F2N3O6PS. The van der Waals surface area contributed by atoms with E-state index >= 15 is 0 Å². The second kappa shape index (κ2) is 13.6. The molecule has 0 saturated heterocycles. The molecule has 1 unspecified atom stereocenters. The lowest BCUT2D eigenvalue weighted by Gasteiger charge is -2.19. The lowest BCUT2D eigenvalue weighted by atomic mass is 10.1. The van der Waals surface area contributed by atoms with Crippen molar-refractivity contribution in [2.24, 2.45) is 5.73 Å². The first kappa shape index (κ1) is 28.9. The summed E-state index contributed by atoms with van der Waals surface area (Å²) in [5, 5.41) is 2.73. The van der Waals surface area contributed by atoms with Crippen molar-refractivity contribution < 1.29 is 36.0 Å². The zero-order valence-electron chi connectivity index (χ0n) is 19.0. The molecule has 0 aliphatic heterocycles. The molecular weight excluding hydrogens is 503 g/mol. The van der Waals surface area contributed by atoms with Gasteiger partial charge in [-0.2, -0.15) is 8.78 Å². The molecule has 2 aromatic carbocycles. The van der Waals surface area contributed by atoms with Crippen LogP contribution in [-0.4, -0.2) is 50.3 Å². The summed E-state index contributed by atoms with van der Waals surface area (Å²) in [6.45, 7) is 0.230. The molecule has 194 valence electrons. The molecule has 0 aromatic heterocycles. The first-order valence-electron chi connectivity index (χ1n) is 10.9. The Bertz CT molecular complexity index is 1090. The van der Waals surface area contributed by atoms with Gasteiger partial charge in [-0.25, -0.2) is 17.7 Å². The summed E-state index contributed by atoms with van der Waals surface area (Å²) in [6.07, 6.45) is -1.22.